The number of rotatable bonds is 9. The smallest absolute Gasteiger partial charge is 0.176 e. The summed E-state index contributed by atoms with van der Waals surface area (Å²) in [5.41, 5.74) is 7.02. The van der Waals surface area contributed by atoms with E-state index < -0.39 is 0 Å². The van der Waals surface area contributed by atoms with Crippen molar-refractivity contribution in [2.45, 2.75) is 6.92 Å². The Labute approximate surface area is 223 Å². The Morgan fingerprint density at radius 2 is 2.05 bits per heavy atom. The summed E-state index contributed by atoms with van der Waals surface area (Å²) in [6, 6.07) is 5.16. The number of hydrogen-bond donors (Lipinski definition) is 3. The summed E-state index contributed by atoms with van der Waals surface area (Å²) >= 11 is 1.06. The number of allylic oxidation sites excluding steroid dienone is 4. The molecule has 0 amide bonds. The molecular weight excluding hydrogens is 499 g/mol. The maximum atomic E-state index is 13.7. The zero-order valence-electron chi connectivity index (χ0n) is 21.3. The highest BCUT2D eigenvalue weighted by atomic mass is 32.1. The van der Waals surface area contributed by atoms with Crippen LogP contribution in [0.5, 0.6) is 0 Å². The van der Waals surface area contributed by atoms with Crippen molar-refractivity contribution in [2.24, 2.45) is 0 Å². The van der Waals surface area contributed by atoms with Gasteiger partial charge in [0.25, 0.3) is 0 Å². The van der Waals surface area contributed by atoms with Crippen LogP contribution in [0.3, 0.4) is 0 Å². The molecule has 0 radical (unpaired) electrons. The minimum Gasteiger partial charge on any atom is -0.358 e. The number of nitrogens with one attached hydrogen (secondary N) is 3. The van der Waals surface area contributed by atoms with Gasteiger partial charge in [-0.05, 0) is 56.9 Å². The van der Waals surface area contributed by atoms with Crippen LogP contribution in [0.4, 0.5) is 4.39 Å². The molecular formula is C28H27FN8S. The summed E-state index contributed by atoms with van der Waals surface area (Å²) in [4.78, 5) is 19.9. The fraction of sp³-hybridized carbons (Fsp3) is 0.143. The van der Waals surface area contributed by atoms with Gasteiger partial charge in [-0.1, -0.05) is 19.2 Å². The quantitative estimate of drug-likeness (QED) is 0.207. The molecule has 0 aliphatic carbocycles. The summed E-state index contributed by atoms with van der Waals surface area (Å²) in [5.74, 6) is 0.584. The molecule has 10 heteroatoms. The van der Waals surface area contributed by atoms with Crippen LogP contribution in [0, 0.1) is 5.13 Å². The van der Waals surface area contributed by atoms with E-state index in [-0.39, 0.29) is 5.13 Å². The lowest BCUT2D eigenvalue weighted by Gasteiger charge is -2.15. The predicted molar refractivity (Wildman–Crippen MR) is 153 cm³/mol. The fourth-order valence-corrected chi connectivity index (χ4v) is 4.93. The first kappa shape index (κ1) is 25.2. The number of nitrogens with zero attached hydrogens (tertiary/aromatic N) is 5. The normalized spacial score (nSPS) is 12.6. The van der Waals surface area contributed by atoms with E-state index in [9.17, 15) is 4.39 Å². The molecule has 0 aromatic carbocycles. The average molecular weight is 527 g/mol. The topological polar surface area (TPSA) is 98.4 Å². The Morgan fingerprint density at radius 1 is 1.21 bits per heavy atom. The molecule has 5 aromatic heterocycles. The molecule has 38 heavy (non-hydrogen) atoms. The third-order valence-electron chi connectivity index (χ3n) is 5.87. The summed E-state index contributed by atoms with van der Waals surface area (Å²) in [6.45, 7) is 10.7. The van der Waals surface area contributed by atoms with Gasteiger partial charge in [-0.25, -0.2) is 4.98 Å². The van der Waals surface area contributed by atoms with Crippen molar-refractivity contribution in [3.05, 3.63) is 90.4 Å². The lowest BCUT2D eigenvalue weighted by atomic mass is 10.1. The molecule has 0 fully saturated rings. The molecule has 5 aromatic rings. The third kappa shape index (κ3) is 5.04. The largest absolute Gasteiger partial charge is 0.358 e. The molecule has 3 N–H and O–H groups in total. The van der Waals surface area contributed by atoms with Gasteiger partial charge in [0.15, 0.2) is 11.0 Å². The van der Waals surface area contributed by atoms with E-state index in [2.05, 4.69) is 43.6 Å². The van der Waals surface area contributed by atoms with Crippen molar-refractivity contribution in [3.8, 4) is 22.0 Å². The van der Waals surface area contributed by atoms with Crippen molar-refractivity contribution in [2.75, 3.05) is 20.6 Å². The summed E-state index contributed by atoms with van der Waals surface area (Å²) < 4.78 is 13.7. The van der Waals surface area contributed by atoms with Gasteiger partial charge in [0.05, 0.1) is 29.1 Å². The highest BCUT2D eigenvalue weighted by Gasteiger charge is 2.17. The van der Waals surface area contributed by atoms with Gasteiger partial charge in [0.1, 0.15) is 11.2 Å². The molecule has 5 rings (SSSR count). The standard InChI is InChI=1S/C28H27FN8S/c1-6-17(10-18(7-2)32-16(3)15-37(4)5)21-11-19-22(14-31-21)35-36-27(19)28-33-23-13-30-12-20(26(23)34-28)24-8-9-25(29)38-24/h6-14,32H,2-3,15H2,1,4-5H3,(H,33,34)(H,35,36)/b17-6+,18-10+. The first-order valence-corrected chi connectivity index (χ1v) is 12.7. The zero-order valence-corrected chi connectivity index (χ0v) is 22.2. The molecule has 0 saturated carbocycles. The van der Waals surface area contributed by atoms with E-state index in [4.69, 9.17) is 4.98 Å². The Hall–Kier alpha value is -4.41. The lowest BCUT2D eigenvalue weighted by Crippen LogP contribution is -2.23. The van der Waals surface area contributed by atoms with Gasteiger partial charge in [0, 0.05) is 40.0 Å². The molecule has 0 spiro atoms. The van der Waals surface area contributed by atoms with Crippen LogP contribution in [-0.2, 0) is 0 Å². The van der Waals surface area contributed by atoms with E-state index in [1.165, 1.54) is 6.07 Å². The second-order valence-corrected chi connectivity index (χ2v) is 10.0. The van der Waals surface area contributed by atoms with Crippen LogP contribution >= 0.6 is 11.3 Å². The van der Waals surface area contributed by atoms with E-state index in [0.717, 1.165) is 60.9 Å². The highest BCUT2D eigenvalue weighted by molar-refractivity contribution is 7.14. The number of imidazole rings is 1. The van der Waals surface area contributed by atoms with Crippen molar-refractivity contribution in [3.63, 3.8) is 0 Å². The number of pyridine rings is 2. The number of aromatic amines is 2. The number of likely N-dealkylation sites (N-methyl/N-ethyl adjacent to an activating group) is 1. The third-order valence-corrected chi connectivity index (χ3v) is 6.78. The zero-order chi connectivity index (χ0) is 26.8. The van der Waals surface area contributed by atoms with Crippen LogP contribution in [0.25, 0.3) is 49.5 Å². The lowest BCUT2D eigenvalue weighted by molar-refractivity contribution is 0.438. The SMILES string of the molecule is C=C/C(=C\C(=C/C)c1cc2c(-c3nc4c(-c5ccc(F)s5)cncc4[nH]3)n[nH]c2cn1)NC(=C)CN(C)C. The minimum absolute atomic E-state index is 0.253. The van der Waals surface area contributed by atoms with Crippen LogP contribution < -0.4 is 5.32 Å². The monoisotopic (exact) mass is 526 g/mol. The van der Waals surface area contributed by atoms with E-state index in [1.807, 2.05) is 44.1 Å². The number of aromatic nitrogens is 6. The van der Waals surface area contributed by atoms with Gasteiger partial charge in [0.2, 0.25) is 0 Å². The second-order valence-electron chi connectivity index (χ2n) is 8.97. The Kier molecular flexibility index (Phi) is 6.99. The number of fused-ring (bicyclic) bond motifs is 2. The predicted octanol–water partition coefficient (Wildman–Crippen LogP) is 5.90. The van der Waals surface area contributed by atoms with Crippen molar-refractivity contribution in [1.82, 2.24) is 40.3 Å². The van der Waals surface area contributed by atoms with Crippen LogP contribution in [0.1, 0.15) is 12.6 Å². The fourth-order valence-electron chi connectivity index (χ4n) is 4.18. The van der Waals surface area contributed by atoms with Crippen molar-refractivity contribution in [1.29, 1.82) is 0 Å². The molecule has 0 saturated heterocycles. The number of H-pyrrole nitrogens is 2. The van der Waals surface area contributed by atoms with E-state index in [0.29, 0.717) is 23.6 Å². The van der Waals surface area contributed by atoms with E-state index >= 15 is 0 Å². The summed E-state index contributed by atoms with van der Waals surface area (Å²) in [7, 11) is 3.98. The summed E-state index contributed by atoms with van der Waals surface area (Å²) in [6.07, 6.45) is 10.9. The second kappa shape index (κ2) is 10.5. The number of halogens is 1. The minimum atomic E-state index is -0.253. The highest BCUT2D eigenvalue weighted by Crippen LogP contribution is 2.34. The first-order valence-electron chi connectivity index (χ1n) is 11.9. The van der Waals surface area contributed by atoms with Gasteiger partial charge in [-0.3, -0.25) is 15.1 Å². The van der Waals surface area contributed by atoms with Crippen LogP contribution in [-0.4, -0.2) is 55.7 Å². The van der Waals surface area contributed by atoms with Gasteiger partial charge >= 0.3 is 0 Å². The molecule has 0 atom stereocenters. The van der Waals surface area contributed by atoms with Crippen molar-refractivity contribution >= 4 is 38.8 Å². The molecule has 8 nitrogen and oxygen atoms in total. The molecule has 5 heterocycles. The van der Waals surface area contributed by atoms with E-state index in [1.54, 1.807) is 30.7 Å². The average Bonchev–Trinajstić information content (AvgIpc) is 3.63. The molecule has 0 unspecified atom stereocenters. The molecule has 0 bridgehead atoms. The number of thiophene rings is 1. The Balaban J connectivity index is 1.52. The maximum Gasteiger partial charge on any atom is 0.176 e. The maximum absolute atomic E-state index is 13.7. The van der Waals surface area contributed by atoms with Gasteiger partial charge < -0.3 is 15.2 Å². The molecule has 0 aliphatic heterocycles. The summed E-state index contributed by atoms with van der Waals surface area (Å²) in [5, 5.41) is 11.5. The first-order chi connectivity index (χ1) is 18.4. The van der Waals surface area contributed by atoms with Crippen LogP contribution in [0.2, 0.25) is 0 Å². The Morgan fingerprint density at radius 3 is 2.76 bits per heavy atom. The Bertz CT molecular complexity index is 1720. The number of hydrogen-bond acceptors (Lipinski definition) is 7. The van der Waals surface area contributed by atoms with Crippen LogP contribution in [0.15, 0.2) is 79.6 Å². The van der Waals surface area contributed by atoms with Crippen molar-refractivity contribution < 1.29 is 4.39 Å². The van der Waals surface area contributed by atoms with Gasteiger partial charge in [-0.15, -0.1) is 11.3 Å². The molecule has 192 valence electrons. The molecule has 0 aliphatic rings. The van der Waals surface area contributed by atoms with Gasteiger partial charge in [-0.2, -0.15) is 9.49 Å².